The van der Waals surface area contributed by atoms with Crippen LogP contribution in [0, 0.1) is 0 Å². The minimum Gasteiger partial charge on any atom is -0.490 e. The molecule has 28 heavy (non-hydrogen) atoms. The van der Waals surface area contributed by atoms with E-state index in [-0.39, 0.29) is 12.0 Å². The van der Waals surface area contributed by atoms with Crippen LogP contribution in [-0.4, -0.2) is 50.1 Å². The first-order valence-corrected chi connectivity index (χ1v) is 9.81. The Balaban J connectivity index is 1.20. The van der Waals surface area contributed by atoms with Gasteiger partial charge in [0, 0.05) is 32.1 Å². The molecule has 0 atom stereocenters. The molecule has 1 aliphatic carbocycles. The number of rotatable bonds is 4. The van der Waals surface area contributed by atoms with E-state index < -0.39 is 5.60 Å². The number of benzene rings is 1. The molecule has 2 aliphatic rings. The molecule has 1 amide bonds. The lowest BCUT2D eigenvalue weighted by Crippen LogP contribution is -2.46. The number of fused-ring (bicyclic) bond motifs is 1. The summed E-state index contributed by atoms with van der Waals surface area (Å²) in [5.41, 5.74) is 2.26. The fraction of sp³-hybridized carbons (Fsp3) is 0.364. The lowest BCUT2D eigenvalue weighted by molar-refractivity contribution is -0.144. The third kappa shape index (κ3) is 3.24. The van der Waals surface area contributed by atoms with Crippen LogP contribution in [0.4, 0.5) is 0 Å². The maximum absolute atomic E-state index is 12.2. The number of hydrogen-bond donors (Lipinski definition) is 1. The molecule has 1 saturated heterocycles. The summed E-state index contributed by atoms with van der Waals surface area (Å²) < 4.78 is 8.12. The van der Waals surface area contributed by atoms with Crippen LogP contribution >= 0.6 is 0 Å². The van der Waals surface area contributed by atoms with Crippen LogP contribution in [0.2, 0.25) is 0 Å². The average Bonchev–Trinajstić information content (AvgIpc) is 3.31. The normalized spacial score (nSPS) is 19.0. The summed E-state index contributed by atoms with van der Waals surface area (Å²) in [6.45, 7) is 1.30. The Labute approximate surface area is 163 Å². The number of likely N-dealkylation sites (tertiary alicyclic amines) is 1. The van der Waals surface area contributed by atoms with Crippen molar-refractivity contribution in [3.05, 3.63) is 55.1 Å². The Morgan fingerprint density at radius 3 is 2.50 bits per heavy atom. The monoisotopic (exact) mass is 377 g/mol. The second-order valence-electron chi connectivity index (χ2n) is 7.81. The molecule has 2 aromatic heterocycles. The fourth-order valence-electron chi connectivity index (χ4n) is 3.81. The molecule has 1 saturated carbocycles. The van der Waals surface area contributed by atoms with Crippen molar-refractivity contribution in [2.24, 2.45) is 0 Å². The highest BCUT2D eigenvalue weighted by Gasteiger charge is 2.50. The molecule has 1 N–H and O–H groups in total. The summed E-state index contributed by atoms with van der Waals surface area (Å²) in [6.07, 6.45) is 8.59. The lowest BCUT2D eigenvalue weighted by atomic mass is 10.1. The van der Waals surface area contributed by atoms with E-state index in [2.05, 4.69) is 35.4 Å². The van der Waals surface area contributed by atoms with Crippen molar-refractivity contribution >= 4 is 11.4 Å². The van der Waals surface area contributed by atoms with E-state index in [0.29, 0.717) is 25.9 Å². The minimum atomic E-state index is -1.07. The van der Waals surface area contributed by atoms with Crippen molar-refractivity contribution in [3.8, 4) is 16.9 Å². The second-order valence-corrected chi connectivity index (χ2v) is 7.81. The van der Waals surface area contributed by atoms with Gasteiger partial charge in [-0.3, -0.25) is 4.79 Å². The van der Waals surface area contributed by atoms with Crippen LogP contribution < -0.4 is 4.74 Å². The fourth-order valence-corrected chi connectivity index (χ4v) is 3.81. The Hall–Kier alpha value is -2.86. The molecule has 144 valence electrons. The Kier molecular flexibility index (Phi) is 4.09. The molecule has 0 radical (unpaired) electrons. The van der Waals surface area contributed by atoms with Gasteiger partial charge in [0.2, 0.25) is 0 Å². The zero-order valence-electron chi connectivity index (χ0n) is 15.6. The molecule has 5 rings (SSSR count). The molecule has 1 aliphatic heterocycles. The smallest absolute Gasteiger partial charge is 0.254 e. The molecular formula is C22H23N3O3. The molecular weight excluding hydrogens is 354 g/mol. The first kappa shape index (κ1) is 17.3. The summed E-state index contributed by atoms with van der Waals surface area (Å²) in [5.74, 6) is 0.739. The maximum atomic E-state index is 12.2. The number of ether oxygens (including phenoxy) is 1. The van der Waals surface area contributed by atoms with Gasteiger partial charge in [0.05, 0.1) is 18.0 Å². The van der Waals surface area contributed by atoms with Gasteiger partial charge in [0.25, 0.3) is 5.91 Å². The van der Waals surface area contributed by atoms with Gasteiger partial charge >= 0.3 is 0 Å². The first-order valence-electron chi connectivity index (χ1n) is 9.81. The van der Waals surface area contributed by atoms with Crippen LogP contribution in [0.25, 0.3) is 16.6 Å². The summed E-state index contributed by atoms with van der Waals surface area (Å²) in [7, 11) is 0. The third-order valence-corrected chi connectivity index (χ3v) is 5.75. The van der Waals surface area contributed by atoms with E-state index >= 15 is 0 Å². The van der Waals surface area contributed by atoms with Gasteiger partial charge in [-0.2, -0.15) is 0 Å². The van der Waals surface area contributed by atoms with Crippen LogP contribution in [0.3, 0.4) is 0 Å². The van der Waals surface area contributed by atoms with Crippen molar-refractivity contribution in [1.29, 1.82) is 0 Å². The van der Waals surface area contributed by atoms with Gasteiger partial charge in [-0.25, -0.2) is 4.98 Å². The van der Waals surface area contributed by atoms with Crippen molar-refractivity contribution in [2.45, 2.75) is 37.4 Å². The number of amides is 1. The number of hydrogen-bond acceptors (Lipinski definition) is 4. The molecule has 0 spiro atoms. The number of nitrogens with zero attached hydrogens (tertiary/aromatic N) is 3. The summed E-state index contributed by atoms with van der Waals surface area (Å²) in [5, 5.41) is 9.99. The van der Waals surface area contributed by atoms with E-state index in [9.17, 15) is 9.90 Å². The molecule has 0 unspecified atom stereocenters. The highest BCUT2D eigenvalue weighted by molar-refractivity contribution is 5.87. The van der Waals surface area contributed by atoms with Crippen molar-refractivity contribution < 1.29 is 14.6 Å². The zero-order valence-corrected chi connectivity index (χ0v) is 15.6. The quantitative estimate of drug-likeness (QED) is 0.759. The molecule has 6 nitrogen and oxygen atoms in total. The minimum absolute atomic E-state index is 0.103. The van der Waals surface area contributed by atoms with Crippen LogP contribution in [0.15, 0.2) is 55.1 Å². The lowest BCUT2D eigenvalue weighted by Gasteiger charge is -2.33. The molecule has 1 aromatic carbocycles. The molecule has 2 fully saturated rings. The Bertz CT molecular complexity index is 999. The Morgan fingerprint density at radius 1 is 1.07 bits per heavy atom. The molecule has 6 heteroatoms. The standard InChI is InChI=1S/C22H23N3O3/c26-21(22(27)9-10-22)24-11-7-20(8-12-24)28-19-5-2-16(3-6-19)17-1-4-18-13-23-15-25(18)14-17/h1-6,13-15,20,27H,7-12H2. The summed E-state index contributed by atoms with van der Waals surface area (Å²) in [4.78, 5) is 18.1. The van der Waals surface area contributed by atoms with Gasteiger partial charge in [-0.1, -0.05) is 18.2 Å². The maximum Gasteiger partial charge on any atom is 0.254 e. The van der Waals surface area contributed by atoms with E-state index in [4.69, 9.17) is 4.74 Å². The summed E-state index contributed by atoms with van der Waals surface area (Å²) in [6, 6.07) is 12.3. The van der Waals surface area contributed by atoms with Crippen LogP contribution in [-0.2, 0) is 4.79 Å². The topological polar surface area (TPSA) is 67.1 Å². The molecule has 3 heterocycles. The molecule has 0 bridgehead atoms. The van der Waals surface area contributed by atoms with E-state index in [1.165, 1.54) is 0 Å². The molecule has 3 aromatic rings. The summed E-state index contributed by atoms with van der Waals surface area (Å²) >= 11 is 0. The highest BCUT2D eigenvalue weighted by Crippen LogP contribution is 2.37. The van der Waals surface area contributed by atoms with E-state index in [0.717, 1.165) is 35.2 Å². The number of pyridine rings is 1. The number of aliphatic hydroxyl groups is 1. The number of carbonyl (C=O) groups excluding carboxylic acids is 1. The number of carbonyl (C=O) groups is 1. The van der Waals surface area contributed by atoms with E-state index in [1.54, 1.807) is 11.2 Å². The number of imidazole rings is 1. The van der Waals surface area contributed by atoms with E-state index in [1.807, 2.05) is 22.7 Å². The van der Waals surface area contributed by atoms with Crippen molar-refractivity contribution in [3.63, 3.8) is 0 Å². The largest absolute Gasteiger partial charge is 0.490 e. The van der Waals surface area contributed by atoms with Crippen molar-refractivity contribution in [2.75, 3.05) is 13.1 Å². The van der Waals surface area contributed by atoms with Gasteiger partial charge < -0.3 is 19.1 Å². The second kappa shape index (κ2) is 6.63. The predicted octanol–water partition coefficient (Wildman–Crippen LogP) is 2.90. The zero-order chi connectivity index (χ0) is 19.1. The van der Waals surface area contributed by atoms with Crippen molar-refractivity contribution in [1.82, 2.24) is 14.3 Å². The van der Waals surface area contributed by atoms with Crippen LogP contribution in [0.1, 0.15) is 25.7 Å². The van der Waals surface area contributed by atoms with Gasteiger partial charge in [0.1, 0.15) is 17.5 Å². The van der Waals surface area contributed by atoms with Gasteiger partial charge in [-0.05, 0) is 42.2 Å². The predicted molar refractivity (Wildman–Crippen MR) is 105 cm³/mol. The third-order valence-electron chi connectivity index (χ3n) is 5.75. The average molecular weight is 377 g/mol. The number of piperidine rings is 1. The van der Waals surface area contributed by atoms with Gasteiger partial charge in [-0.15, -0.1) is 0 Å². The first-order chi connectivity index (χ1) is 13.6. The SMILES string of the molecule is O=C(N1CCC(Oc2ccc(-c3ccc4cncn4c3)cc2)CC1)C1(O)CC1. The van der Waals surface area contributed by atoms with Crippen LogP contribution in [0.5, 0.6) is 5.75 Å². The Morgan fingerprint density at radius 2 is 1.79 bits per heavy atom. The number of aromatic nitrogens is 2. The highest BCUT2D eigenvalue weighted by atomic mass is 16.5. The van der Waals surface area contributed by atoms with Gasteiger partial charge in [0.15, 0.2) is 0 Å².